The minimum atomic E-state index is 0.581. The van der Waals surface area contributed by atoms with Crippen molar-refractivity contribution in [1.82, 2.24) is 15.1 Å². The molecular formula is C15H21N3O2. The van der Waals surface area contributed by atoms with E-state index in [-0.39, 0.29) is 0 Å². The van der Waals surface area contributed by atoms with Gasteiger partial charge in [0.15, 0.2) is 0 Å². The highest BCUT2D eigenvalue weighted by atomic mass is 16.5. The average Bonchev–Trinajstić information content (AvgIpc) is 2.93. The van der Waals surface area contributed by atoms with Crippen LogP contribution >= 0.6 is 0 Å². The Morgan fingerprint density at radius 1 is 1.15 bits per heavy atom. The number of para-hydroxylation sites is 1. The first kappa shape index (κ1) is 14.7. The SMILES string of the molecule is COCCNCc1ccn(-c2ccccc2COC)n1. The van der Waals surface area contributed by atoms with Crippen LogP contribution in [-0.4, -0.2) is 37.2 Å². The number of rotatable bonds is 8. The Morgan fingerprint density at radius 3 is 2.80 bits per heavy atom. The zero-order valence-electron chi connectivity index (χ0n) is 12.0. The lowest BCUT2D eigenvalue weighted by molar-refractivity contribution is 0.184. The van der Waals surface area contributed by atoms with Crippen LogP contribution in [-0.2, 0) is 22.6 Å². The van der Waals surface area contributed by atoms with Crippen molar-refractivity contribution in [3.05, 3.63) is 47.8 Å². The Bertz CT molecular complexity index is 525. The molecular weight excluding hydrogens is 254 g/mol. The van der Waals surface area contributed by atoms with Gasteiger partial charge in [-0.05, 0) is 12.1 Å². The van der Waals surface area contributed by atoms with Gasteiger partial charge in [-0.15, -0.1) is 0 Å². The normalized spacial score (nSPS) is 10.9. The summed E-state index contributed by atoms with van der Waals surface area (Å²) in [5.74, 6) is 0. The summed E-state index contributed by atoms with van der Waals surface area (Å²) in [4.78, 5) is 0. The molecule has 108 valence electrons. The van der Waals surface area contributed by atoms with E-state index in [9.17, 15) is 0 Å². The van der Waals surface area contributed by atoms with Crippen molar-refractivity contribution in [2.45, 2.75) is 13.2 Å². The highest BCUT2D eigenvalue weighted by Gasteiger charge is 2.05. The molecule has 0 saturated heterocycles. The molecule has 2 aromatic rings. The number of hydrogen-bond acceptors (Lipinski definition) is 4. The van der Waals surface area contributed by atoms with Gasteiger partial charge in [0.25, 0.3) is 0 Å². The molecule has 2 rings (SSSR count). The van der Waals surface area contributed by atoms with Crippen LogP contribution < -0.4 is 5.32 Å². The Labute approximate surface area is 119 Å². The molecule has 1 aromatic carbocycles. The molecule has 1 N–H and O–H groups in total. The monoisotopic (exact) mass is 275 g/mol. The molecule has 0 saturated carbocycles. The van der Waals surface area contributed by atoms with E-state index in [0.717, 1.165) is 30.0 Å². The van der Waals surface area contributed by atoms with Gasteiger partial charge in [-0.2, -0.15) is 5.10 Å². The van der Waals surface area contributed by atoms with E-state index in [1.807, 2.05) is 35.1 Å². The molecule has 0 radical (unpaired) electrons. The smallest absolute Gasteiger partial charge is 0.0766 e. The summed E-state index contributed by atoms with van der Waals surface area (Å²) in [6, 6.07) is 10.1. The van der Waals surface area contributed by atoms with Gasteiger partial charge >= 0.3 is 0 Å². The fraction of sp³-hybridized carbons (Fsp3) is 0.400. The van der Waals surface area contributed by atoms with Gasteiger partial charge in [0.2, 0.25) is 0 Å². The number of benzene rings is 1. The lowest BCUT2D eigenvalue weighted by Crippen LogP contribution is -2.18. The van der Waals surface area contributed by atoms with E-state index in [4.69, 9.17) is 9.47 Å². The lowest BCUT2D eigenvalue weighted by Gasteiger charge is -2.08. The van der Waals surface area contributed by atoms with Gasteiger partial charge < -0.3 is 14.8 Å². The van der Waals surface area contributed by atoms with Gasteiger partial charge in [-0.3, -0.25) is 0 Å². The summed E-state index contributed by atoms with van der Waals surface area (Å²) < 4.78 is 12.1. The summed E-state index contributed by atoms with van der Waals surface area (Å²) in [6.07, 6.45) is 1.97. The van der Waals surface area contributed by atoms with E-state index in [1.54, 1.807) is 14.2 Å². The second-order valence-corrected chi connectivity index (χ2v) is 4.48. The van der Waals surface area contributed by atoms with E-state index >= 15 is 0 Å². The van der Waals surface area contributed by atoms with Crippen LogP contribution in [0, 0.1) is 0 Å². The van der Waals surface area contributed by atoms with Crippen molar-refractivity contribution in [3.63, 3.8) is 0 Å². The van der Waals surface area contributed by atoms with Gasteiger partial charge in [-0.1, -0.05) is 18.2 Å². The van der Waals surface area contributed by atoms with Crippen molar-refractivity contribution >= 4 is 0 Å². The summed E-state index contributed by atoms with van der Waals surface area (Å²) in [5, 5.41) is 7.86. The highest BCUT2D eigenvalue weighted by molar-refractivity contribution is 5.40. The van der Waals surface area contributed by atoms with Crippen molar-refractivity contribution in [2.75, 3.05) is 27.4 Å². The van der Waals surface area contributed by atoms with Crippen LogP contribution in [0.3, 0.4) is 0 Å². The van der Waals surface area contributed by atoms with Crippen LogP contribution in [0.4, 0.5) is 0 Å². The molecule has 0 bridgehead atoms. The number of aromatic nitrogens is 2. The van der Waals surface area contributed by atoms with Gasteiger partial charge in [0.05, 0.1) is 24.6 Å². The third-order valence-corrected chi connectivity index (χ3v) is 2.97. The number of nitrogens with zero attached hydrogens (tertiary/aromatic N) is 2. The summed E-state index contributed by atoms with van der Waals surface area (Å²) in [7, 11) is 3.40. The molecule has 1 aromatic heterocycles. The van der Waals surface area contributed by atoms with Gasteiger partial charge in [-0.25, -0.2) is 4.68 Å². The van der Waals surface area contributed by atoms with Crippen LogP contribution in [0.1, 0.15) is 11.3 Å². The topological polar surface area (TPSA) is 48.3 Å². The highest BCUT2D eigenvalue weighted by Crippen LogP contribution is 2.15. The Kier molecular flexibility index (Phi) is 5.73. The molecule has 5 heteroatoms. The third-order valence-electron chi connectivity index (χ3n) is 2.97. The van der Waals surface area contributed by atoms with Crippen molar-refractivity contribution in [1.29, 1.82) is 0 Å². The molecule has 0 aliphatic rings. The Morgan fingerprint density at radius 2 is 2.00 bits per heavy atom. The zero-order chi connectivity index (χ0) is 14.2. The van der Waals surface area contributed by atoms with E-state index < -0.39 is 0 Å². The van der Waals surface area contributed by atoms with Crippen LogP contribution in [0.2, 0.25) is 0 Å². The standard InChI is InChI=1S/C15H21N3O2/c1-19-10-8-16-11-14-7-9-18(17-14)15-6-4-3-5-13(15)12-20-2/h3-7,9,16H,8,10-12H2,1-2H3. The van der Waals surface area contributed by atoms with Gasteiger partial charge in [0.1, 0.15) is 0 Å². The minimum Gasteiger partial charge on any atom is -0.383 e. The maximum atomic E-state index is 5.22. The first-order valence-electron chi connectivity index (χ1n) is 6.66. The van der Waals surface area contributed by atoms with E-state index in [2.05, 4.69) is 16.5 Å². The maximum absolute atomic E-state index is 5.22. The lowest BCUT2D eigenvalue weighted by atomic mass is 10.2. The molecule has 0 fully saturated rings. The molecule has 0 aliphatic carbocycles. The average molecular weight is 275 g/mol. The van der Waals surface area contributed by atoms with Crippen molar-refractivity contribution < 1.29 is 9.47 Å². The first-order valence-corrected chi connectivity index (χ1v) is 6.66. The fourth-order valence-corrected chi connectivity index (χ4v) is 1.99. The van der Waals surface area contributed by atoms with Crippen LogP contribution in [0.15, 0.2) is 36.5 Å². The predicted octanol–water partition coefficient (Wildman–Crippen LogP) is 1.75. The molecule has 20 heavy (non-hydrogen) atoms. The van der Waals surface area contributed by atoms with Crippen molar-refractivity contribution in [3.8, 4) is 5.69 Å². The summed E-state index contributed by atoms with van der Waals surface area (Å²) in [6.45, 7) is 2.85. The largest absolute Gasteiger partial charge is 0.383 e. The quantitative estimate of drug-likeness (QED) is 0.746. The predicted molar refractivity (Wildman–Crippen MR) is 77.9 cm³/mol. The fourth-order valence-electron chi connectivity index (χ4n) is 1.99. The molecule has 0 atom stereocenters. The number of ether oxygens (including phenoxy) is 2. The molecule has 0 unspecified atom stereocenters. The second kappa shape index (κ2) is 7.79. The maximum Gasteiger partial charge on any atom is 0.0766 e. The van der Waals surface area contributed by atoms with Crippen LogP contribution in [0.5, 0.6) is 0 Å². The number of hydrogen-bond donors (Lipinski definition) is 1. The van der Waals surface area contributed by atoms with E-state index in [1.165, 1.54) is 0 Å². The van der Waals surface area contributed by atoms with Crippen LogP contribution in [0.25, 0.3) is 5.69 Å². The third kappa shape index (κ3) is 3.90. The van der Waals surface area contributed by atoms with Crippen molar-refractivity contribution in [2.24, 2.45) is 0 Å². The van der Waals surface area contributed by atoms with Gasteiger partial charge in [0, 0.05) is 39.1 Å². The Hall–Kier alpha value is -1.69. The molecule has 1 heterocycles. The molecule has 0 amide bonds. The number of methoxy groups -OCH3 is 2. The molecule has 5 nitrogen and oxygen atoms in total. The number of nitrogens with one attached hydrogen (secondary N) is 1. The molecule has 0 aliphatic heterocycles. The first-order chi connectivity index (χ1) is 9.85. The summed E-state index contributed by atoms with van der Waals surface area (Å²) in [5.41, 5.74) is 3.18. The Balaban J connectivity index is 2.04. The van der Waals surface area contributed by atoms with E-state index in [0.29, 0.717) is 13.2 Å². The molecule has 0 spiro atoms. The minimum absolute atomic E-state index is 0.581. The summed E-state index contributed by atoms with van der Waals surface area (Å²) >= 11 is 0. The second-order valence-electron chi connectivity index (χ2n) is 4.48. The zero-order valence-corrected chi connectivity index (χ0v) is 12.0.